The van der Waals surface area contributed by atoms with Crippen molar-refractivity contribution in [3.63, 3.8) is 0 Å². The molecule has 0 bridgehead atoms. The van der Waals surface area contributed by atoms with E-state index in [-0.39, 0.29) is 24.9 Å². The van der Waals surface area contributed by atoms with Crippen LogP contribution in [0.15, 0.2) is 24.3 Å². The van der Waals surface area contributed by atoms with Crippen molar-refractivity contribution in [3.8, 4) is 5.75 Å². The third-order valence-electron chi connectivity index (χ3n) is 3.93. The van der Waals surface area contributed by atoms with E-state index in [1.807, 2.05) is 0 Å². The molecule has 0 heterocycles. The van der Waals surface area contributed by atoms with E-state index in [0.29, 0.717) is 12.8 Å². The summed E-state index contributed by atoms with van der Waals surface area (Å²) in [5.41, 5.74) is -0.495. The van der Waals surface area contributed by atoms with Crippen LogP contribution in [0.25, 0.3) is 0 Å². The molecule has 1 atom stereocenters. The van der Waals surface area contributed by atoms with Gasteiger partial charge in [0.15, 0.2) is 0 Å². The molecule has 132 valence electrons. The highest BCUT2D eigenvalue weighted by Crippen LogP contribution is 2.39. The van der Waals surface area contributed by atoms with Gasteiger partial charge in [-0.1, -0.05) is 19.1 Å². The maximum Gasteiger partial charge on any atom is 0.353 e. The Morgan fingerprint density at radius 3 is 2.54 bits per heavy atom. The number of hydrogen-bond donors (Lipinski definition) is 1. The van der Waals surface area contributed by atoms with E-state index in [4.69, 9.17) is 9.84 Å². The van der Waals surface area contributed by atoms with Gasteiger partial charge in [0.05, 0.1) is 18.1 Å². The minimum Gasteiger partial charge on any atom is -0.493 e. The molecule has 1 amide bonds. The summed E-state index contributed by atoms with van der Waals surface area (Å²) in [5, 5.41) is 9.00. The summed E-state index contributed by atoms with van der Waals surface area (Å²) >= 11 is 0. The number of halogens is 2. The zero-order chi connectivity index (χ0) is 17.9. The van der Waals surface area contributed by atoms with Gasteiger partial charge in [-0.2, -0.15) is 8.78 Å². The normalized spacial score (nSPS) is 15.7. The first kappa shape index (κ1) is 18.2. The molecule has 1 aromatic rings. The lowest BCUT2D eigenvalue weighted by molar-refractivity contribution is -0.161. The number of amides is 1. The van der Waals surface area contributed by atoms with Crippen LogP contribution in [0, 0.1) is 5.92 Å². The number of ether oxygens (including phenoxy) is 1. The number of alkyl halides is 2. The second kappa shape index (κ2) is 7.15. The van der Waals surface area contributed by atoms with Crippen LogP contribution in [0.2, 0.25) is 0 Å². The maximum absolute atomic E-state index is 14.8. The van der Waals surface area contributed by atoms with Crippen LogP contribution in [0.1, 0.15) is 32.3 Å². The van der Waals surface area contributed by atoms with Crippen molar-refractivity contribution in [1.29, 1.82) is 0 Å². The SMILES string of the molecule is CCOc1ccccc1C(F)(F)C(=O)N(CC(C)C(=O)O)C1CC1. The fourth-order valence-electron chi connectivity index (χ4n) is 2.46. The Bertz CT molecular complexity index is 616. The molecular formula is C17H21F2NO4. The Balaban J connectivity index is 2.29. The Morgan fingerprint density at radius 2 is 2.00 bits per heavy atom. The van der Waals surface area contributed by atoms with Crippen molar-refractivity contribution in [1.82, 2.24) is 4.90 Å². The van der Waals surface area contributed by atoms with Crippen LogP contribution < -0.4 is 4.74 Å². The number of rotatable bonds is 8. The van der Waals surface area contributed by atoms with Crippen molar-refractivity contribution in [2.45, 2.75) is 38.7 Å². The number of benzene rings is 1. The zero-order valence-electron chi connectivity index (χ0n) is 13.7. The van der Waals surface area contributed by atoms with E-state index < -0.39 is 29.3 Å². The number of nitrogens with zero attached hydrogens (tertiary/aromatic N) is 1. The van der Waals surface area contributed by atoms with Gasteiger partial charge in [-0.15, -0.1) is 0 Å². The Kier molecular flexibility index (Phi) is 5.41. The molecule has 0 radical (unpaired) electrons. The summed E-state index contributed by atoms with van der Waals surface area (Å²) in [6.07, 6.45) is 1.22. The molecule has 0 aromatic heterocycles. The molecular weight excluding hydrogens is 320 g/mol. The third-order valence-corrected chi connectivity index (χ3v) is 3.93. The molecule has 1 aliphatic carbocycles. The number of carbonyl (C=O) groups excluding carboxylic acids is 1. The largest absolute Gasteiger partial charge is 0.493 e. The minimum absolute atomic E-state index is 0.0413. The molecule has 1 N–H and O–H groups in total. The van der Waals surface area contributed by atoms with Gasteiger partial charge in [0, 0.05) is 12.6 Å². The van der Waals surface area contributed by atoms with Gasteiger partial charge >= 0.3 is 11.9 Å². The topological polar surface area (TPSA) is 66.8 Å². The van der Waals surface area contributed by atoms with E-state index in [1.54, 1.807) is 13.0 Å². The molecule has 1 aromatic carbocycles. The van der Waals surface area contributed by atoms with Crippen LogP contribution in [0.3, 0.4) is 0 Å². The first-order valence-electron chi connectivity index (χ1n) is 7.93. The van der Waals surface area contributed by atoms with Crippen molar-refractivity contribution in [3.05, 3.63) is 29.8 Å². The summed E-state index contributed by atoms with van der Waals surface area (Å²) in [6.45, 7) is 3.04. The van der Waals surface area contributed by atoms with Crippen LogP contribution in [0.5, 0.6) is 5.75 Å². The molecule has 5 nitrogen and oxygen atoms in total. The Morgan fingerprint density at radius 1 is 1.38 bits per heavy atom. The molecule has 0 spiro atoms. The van der Waals surface area contributed by atoms with E-state index in [2.05, 4.69) is 0 Å². The number of carboxylic acid groups (broad SMARTS) is 1. The number of aliphatic carboxylic acids is 1. The molecule has 2 rings (SSSR count). The van der Waals surface area contributed by atoms with Gasteiger partial charge < -0.3 is 14.7 Å². The van der Waals surface area contributed by atoms with E-state index in [0.717, 1.165) is 11.0 Å². The lowest BCUT2D eigenvalue weighted by Gasteiger charge is -2.29. The van der Waals surface area contributed by atoms with Gasteiger partial charge in [0.1, 0.15) is 5.75 Å². The van der Waals surface area contributed by atoms with Crippen LogP contribution in [-0.4, -0.2) is 41.1 Å². The average molecular weight is 341 g/mol. The van der Waals surface area contributed by atoms with Crippen molar-refractivity contribution in [2.75, 3.05) is 13.2 Å². The highest BCUT2D eigenvalue weighted by molar-refractivity contribution is 5.86. The van der Waals surface area contributed by atoms with Gasteiger partial charge in [0.2, 0.25) is 0 Å². The highest BCUT2D eigenvalue weighted by atomic mass is 19.3. The van der Waals surface area contributed by atoms with E-state index in [1.165, 1.54) is 19.1 Å². The third kappa shape index (κ3) is 3.83. The smallest absolute Gasteiger partial charge is 0.353 e. The van der Waals surface area contributed by atoms with E-state index >= 15 is 0 Å². The fourth-order valence-corrected chi connectivity index (χ4v) is 2.46. The maximum atomic E-state index is 14.8. The first-order chi connectivity index (χ1) is 11.3. The van der Waals surface area contributed by atoms with Gasteiger partial charge in [-0.3, -0.25) is 9.59 Å². The lowest BCUT2D eigenvalue weighted by atomic mass is 10.0. The minimum atomic E-state index is -3.77. The number of hydrogen-bond acceptors (Lipinski definition) is 3. The summed E-state index contributed by atoms with van der Waals surface area (Å²) in [7, 11) is 0. The Labute approximate surface area is 139 Å². The second-order valence-electron chi connectivity index (χ2n) is 5.93. The predicted molar refractivity (Wildman–Crippen MR) is 83.0 cm³/mol. The molecule has 1 unspecified atom stereocenters. The summed E-state index contributed by atoms with van der Waals surface area (Å²) in [4.78, 5) is 24.5. The predicted octanol–water partition coefficient (Wildman–Crippen LogP) is 2.89. The van der Waals surface area contributed by atoms with Gasteiger partial charge in [-0.05, 0) is 31.9 Å². The summed E-state index contributed by atoms with van der Waals surface area (Å²) < 4.78 is 34.8. The van der Waals surface area contributed by atoms with Crippen LogP contribution >= 0.6 is 0 Å². The second-order valence-corrected chi connectivity index (χ2v) is 5.93. The van der Waals surface area contributed by atoms with Crippen LogP contribution in [-0.2, 0) is 15.5 Å². The number of carboxylic acids is 1. The molecule has 1 fully saturated rings. The fraction of sp³-hybridized carbons (Fsp3) is 0.529. The first-order valence-corrected chi connectivity index (χ1v) is 7.93. The lowest BCUT2D eigenvalue weighted by Crippen LogP contribution is -2.46. The van der Waals surface area contributed by atoms with Crippen molar-refractivity contribution >= 4 is 11.9 Å². The monoisotopic (exact) mass is 341 g/mol. The highest BCUT2D eigenvalue weighted by Gasteiger charge is 2.49. The average Bonchev–Trinajstić information content (AvgIpc) is 3.37. The Hall–Kier alpha value is -2.18. The molecule has 1 saturated carbocycles. The van der Waals surface area contributed by atoms with Gasteiger partial charge in [0.25, 0.3) is 5.91 Å². The van der Waals surface area contributed by atoms with Crippen LogP contribution in [0.4, 0.5) is 8.78 Å². The molecule has 0 saturated heterocycles. The molecule has 7 heteroatoms. The molecule has 0 aliphatic heterocycles. The number of carbonyl (C=O) groups is 2. The van der Waals surface area contributed by atoms with Crippen molar-refractivity contribution in [2.24, 2.45) is 5.92 Å². The standard InChI is InChI=1S/C17H21F2NO4/c1-3-24-14-7-5-4-6-13(14)17(18,19)16(23)20(12-8-9-12)10-11(2)15(21)22/h4-7,11-12H,3,8-10H2,1-2H3,(H,21,22). The summed E-state index contributed by atoms with van der Waals surface area (Å²) in [5.74, 6) is -7.21. The zero-order valence-corrected chi connectivity index (χ0v) is 13.7. The van der Waals surface area contributed by atoms with E-state index in [9.17, 15) is 18.4 Å². The van der Waals surface area contributed by atoms with Crippen molar-refractivity contribution < 1.29 is 28.2 Å². The molecule has 24 heavy (non-hydrogen) atoms. The quantitative estimate of drug-likeness (QED) is 0.789. The molecule has 1 aliphatic rings. The summed E-state index contributed by atoms with van der Waals surface area (Å²) in [6, 6.07) is 5.21. The number of para-hydroxylation sites is 1. The van der Waals surface area contributed by atoms with Gasteiger partial charge in [-0.25, -0.2) is 0 Å².